The number of hydrogen-bond donors (Lipinski definition) is 1. The van der Waals surface area contributed by atoms with Gasteiger partial charge in [-0.2, -0.15) is 13.2 Å². The molecule has 0 aliphatic carbocycles. The van der Waals surface area contributed by atoms with E-state index in [-0.39, 0.29) is 35.3 Å². The Kier molecular flexibility index (Phi) is 9.08. The van der Waals surface area contributed by atoms with Gasteiger partial charge in [0.25, 0.3) is 15.9 Å². The van der Waals surface area contributed by atoms with Crippen LogP contribution < -0.4 is 14.2 Å². The number of sulfonamides is 1. The average Bonchev–Trinajstić information content (AvgIpc) is 2.84. The molecule has 0 aliphatic rings. The zero-order chi connectivity index (χ0) is 27.1. The van der Waals surface area contributed by atoms with Crippen molar-refractivity contribution >= 4 is 33.6 Å². The number of nitrogens with one attached hydrogen (secondary N) is 1. The van der Waals surface area contributed by atoms with Crippen LogP contribution in [0.3, 0.4) is 0 Å². The van der Waals surface area contributed by atoms with Crippen LogP contribution in [0.2, 0.25) is 5.02 Å². The largest absolute Gasteiger partial charge is 0.491 e. The minimum absolute atomic E-state index is 0.0169. The van der Waals surface area contributed by atoms with Gasteiger partial charge in [0.05, 0.1) is 12.2 Å². The molecule has 0 saturated heterocycles. The maximum Gasteiger partial charge on any atom is 0.417 e. The lowest BCUT2D eigenvalue weighted by Crippen LogP contribution is -2.29. The molecule has 0 atom stereocenters. The Morgan fingerprint density at radius 3 is 2.59 bits per heavy atom. The van der Waals surface area contributed by atoms with Gasteiger partial charge in [-0.25, -0.2) is 18.1 Å². The molecule has 3 rings (SSSR count). The highest BCUT2D eigenvalue weighted by atomic mass is 35.5. The third kappa shape index (κ3) is 7.90. The summed E-state index contributed by atoms with van der Waals surface area (Å²) in [4.78, 5) is 19.4. The van der Waals surface area contributed by atoms with E-state index in [1.807, 2.05) is 4.72 Å². The van der Waals surface area contributed by atoms with E-state index in [4.69, 9.17) is 25.8 Å². The maximum atomic E-state index is 12.9. The summed E-state index contributed by atoms with van der Waals surface area (Å²) in [6, 6.07) is 7.74. The molecular formula is C23H19ClF3N3O6S. The first-order valence-electron chi connectivity index (χ1n) is 10.3. The zero-order valence-electron chi connectivity index (χ0n) is 19.0. The van der Waals surface area contributed by atoms with E-state index in [0.717, 1.165) is 12.3 Å². The van der Waals surface area contributed by atoms with Crippen molar-refractivity contribution in [3.8, 4) is 17.4 Å². The molecule has 37 heavy (non-hydrogen) atoms. The Morgan fingerprint density at radius 2 is 1.95 bits per heavy atom. The molecule has 9 nitrogen and oxygen atoms in total. The van der Waals surface area contributed by atoms with E-state index in [2.05, 4.69) is 9.97 Å². The van der Waals surface area contributed by atoms with E-state index < -0.39 is 32.7 Å². The van der Waals surface area contributed by atoms with Gasteiger partial charge >= 0.3 is 6.18 Å². The minimum atomic E-state index is -4.65. The highest BCUT2D eigenvalue weighted by Gasteiger charge is 2.32. The number of ether oxygens (including phenoxy) is 3. The number of amides is 1. The SMILES string of the molecule is COCCOc1ccc(/C=C/C(=O)NS(=O)(=O)c2cccnc2)c(Oc2ncc(C(F)(F)F)cc2Cl)c1. The van der Waals surface area contributed by atoms with Crippen LogP contribution in [-0.2, 0) is 25.7 Å². The number of rotatable bonds is 10. The molecule has 0 saturated carbocycles. The molecule has 1 N–H and O–H groups in total. The summed E-state index contributed by atoms with van der Waals surface area (Å²) in [6.45, 7) is 0.481. The Morgan fingerprint density at radius 1 is 1.16 bits per heavy atom. The fraction of sp³-hybridized carbons (Fsp3) is 0.174. The van der Waals surface area contributed by atoms with Crippen LogP contribution in [0.25, 0.3) is 6.08 Å². The monoisotopic (exact) mass is 557 g/mol. The summed E-state index contributed by atoms with van der Waals surface area (Å²) in [5, 5.41) is -0.407. The van der Waals surface area contributed by atoms with Crippen molar-refractivity contribution in [2.45, 2.75) is 11.1 Å². The Balaban J connectivity index is 1.86. The van der Waals surface area contributed by atoms with E-state index >= 15 is 0 Å². The first kappa shape index (κ1) is 27.9. The van der Waals surface area contributed by atoms with Gasteiger partial charge in [-0.1, -0.05) is 11.6 Å². The predicted molar refractivity (Wildman–Crippen MR) is 127 cm³/mol. The van der Waals surface area contributed by atoms with Crippen LogP contribution in [-0.4, -0.2) is 44.6 Å². The highest BCUT2D eigenvalue weighted by molar-refractivity contribution is 7.90. The smallest absolute Gasteiger partial charge is 0.417 e. The van der Waals surface area contributed by atoms with Crippen LogP contribution in [0.15, 0.2) is 66.0 Å². The molecule has 3 aromatic rings. The molecule has 2 aromatic heterocycles. The molecular weight excluding hydrogens is 539 g/mol. The van der Waals surface area contributed by atoms with E-state index in [9.17, 15) is 26.4 Å². The molecule has 0 bridgehead atoms. The molecule has 1 amide bonds. The second-order valence-electron chi connectivity index (χ2n) is 7.14. The molecule has 2 heterocycles. The number of hydrogen-bond acceptors (Lipinski definition) is 8. The van der Waals surface area contributed by atoms with E-state index in [1.165, 1.54) is 49.7 Å². The van der Waals surface area contributed by atoms with Gasteiger partial charge in [0, 0.05) is 43.4 Å². The van der Waals surface area contributed by atoms with Gasteiger partial charge in [0.2, 0.25) is 5.88 Å². The zero-order valence-corrected chi connectivity index (χ0v) is 20.6. The molecule has 196 valence electrons. The van der Waals surface area contributed by atoms with Crippen LogP contribution in [0, 0.1) is 0 Å². The van der Waals surface area contributed by atoms with Gasteiger partial charge < -0.3 is 14.2 Å². The fourth-order valence-electron chi connectivity index (χ4n) is 2.73. The Bertz CT molecular complexity index is 1390. The normalized spacial score (nSPS) is 11.9. The third-order valence-corrected chi connectivity index (χ3v) is 6.08. The van der Waals surface area contributed by atoms with Gasteiger partial charge in [0.15, 0.2) is 0 Å². The first-order chi connectivity index (χ1) is 17.5. The standard InChI is InChI=1S/C23H19ClF3N3O6S/c1-34-9-10-35-17-6-4-15(5-7-21(31)30-37(32,33)18-3-2-8-28-14-18)20(12-17)36-22-19(24)11-16(13-29-22)23(25,26)27/h2-8,11-14H,9-10H2,1H3,(H,30,31)/b7-5+. The van der Waals surface area contributed by atoms with E-state index in [0.29, 0.717) is 18.0 Å². The number of carbonyl (C=O) groups is 1. The lowest BCUT2D eigenvalue weighted by atomic mass is 10.1. The van der Waals surface area contributed by atoms with Gasteiger partial charge in [-0.15, -0.1) is 0 Å². The molecule has 1 aromatic carbocycles. The molecule has 0 aliphatic heterocycles. The first-order valence-corrected chi connectivity index (χ1v) is 12.2. The number of halogens is 4. The number of methoxy groups -OCH3 is 1. The lowest BCUT2D eigenvalue weighted by Gasteiger charge is -2.13. The fourth-order valence-corrected chi connectivity index (χ4v) is 3.84. The van der Waals surface area contributed by atoms with Crippen molar-refractivity contribution < 1.29 is 40.6 Å². The number of carbonyl (C=O) groups excluding carboxylic acids is 1. The maximum absolute atomic E-state index is 12.9. The van der Waals surface area contributed by atoms with Crippen molar-refractivity contribution in [3.63, 3.8) is 0 Å². The number of benzene rings is 1. The molecule has 0 fully saturated rings. The summed E-state index contributed by atoms with van der Waals surface area (Å²) in [6.07, 6.45) is 0.537. The Hall–Kier alpha value is -3.68. The van der Waals surface area contributed by atoms with Crippen molar-refractivity contribution in [2.24, 2.45) is 0 Å². The number of nitrogens with zero attached hydrogens (tertiary/aromatic N) is 2. The number of aromatic nitrogens is 2. The summed E-state index contributed by atoms with van der Waals surface area (Å²) in [5.41, 5.74) is -0.820. The van der Waals surface area contributed by atoms with Gasteiger partial charge in [-0.05, 0) is 36.4 Å². The molecule has 14 heteroatoms. The molecule has 0 unspecified atom stereocenters. The van der Waals surface area contributed by atoms with Crippen molar-refractivity contribution in [1.82, 2.24) is 14.7 Å². The second kappa shape index (κ2) is 12.0. The van der Waals surface area contributed by atoms with Crippen LogP contribution in [0.5, 0.6) is 17.4 Å². The summed E-state index contributed by atoms with van der Waals surface area (Å²) in [5.74, 6) is -0.970. The summed E-state index contributed by atoms with van der Waals surface area (Å²) in [7, 11) is -2.67. The number of alkyl halides is 3. The summed E-state index contributed by atoms with van der Waals surface area (Å²) < 4.78 is 81.4. The van der Waals surface area contributed by atoms with Crippen LogP contribution >= 0.6 is 11.6 Å². The van der Waals surface area contributed by atoms with Crippen molar-refractivity contribution in [2.75, 3.05) is 20.3 Å². The number of pyridine rings is 2. The van der Waals surface area contributed by atoms with Crippen molar-refractivity contribution in [3.05, 3.63) is 77.2 Å². The summed E-state index contributed by atoms with van der Waals surface area (Å²) >= 11 is 5.95. The second-order valence-corrected chi connectivity index (χ2v) is 9.23. The topological polar surface area (TPSA) is 117 Å². The quantitative estimate of drug-likeness (QED) is 0.286. The average molecular weight is 558 g/mol. The van der Waals surface area contributed by atoms with Crippen LogP contribution in [0.1, 0.15) is 11.1 Å². The van der Waals surface area contributed by atoms with Gasteiger partial charge in [-0.3, -0.25) is 9.78 Å². The minimum Gasteiger partial charge on any atom is -0.491 e. The third-order valence-electron chi connectivity index (χ3n) is 4.48. The molecule has 0 radical (unpaired) electrons. The van der Waals surface area contributed by atoms with E-state index in [1.54, 1.807) is 0 Å². The lowest BCUT2D eigenvalue weighted by molar-refractivity contribution is -0.137. The predicted octanol–water partition coefficient (Wildman–Crippen LogP) is 4.48. The van der Waals surface area contributed by atoms with Gasteiger partial charge in [0.1, 0.15) is 28.0 Å². The van der Waals surface area contributed by atoms with Crippen molar-refractivity contribution in [1.29, 1.82) is 0 Å². The van der Waals surface area contributed by atoms with Crippen LogP contribution in [0.4, 0.5) is 13.2 Å². The molecule has 0 spiro atoms. The Labute approximate surface area is 214 Å². The highest BCUT2D eigenvalue weighted by Crippen LogP contribution is 2.36.